The van der Waals surface area contributed by atoms with E-state index in [9.17, 15) is 4.79 Å². The van der Waals surface area contributed by atoms with E-state index in [1.807, 2.05) is 25.1 Å². The average Bonchev–Trinajstić information content (AvgIpc) is 2.33. The minimum Gasteiger partial charge on any atom is -0.494 e. The summed E-state index contributed by atoms with van der Waals surface area (Å²) >= 11 is 0. The highest BCUT2D eigenvalue weighted by atomic mass is 16.5. The highest BCUT2D eigenvalue weighted by Crippen LogP contribution is 2.34. The second-order valence-corrected chi connectivity index (χ2v) is 5.06. The molecule has 0 radical (unpaired) electrons. The van der Waals surface area contributed by atoms with Crippen molar-refractivity contribution in [3.05, 3.63) is 29.8 Å². The van der Waals surface area contributed by atoms with Crippen LogP contribution >= 0.6 is 0 Å². The molecule has 1 aliphatic rings. The fourth-order valence-corrected chi connectivity index (χ4v) is 2.61. The van der Waals surface area contributed by atoms with Crippen molar-refractivity contribution in [3.63, 3.8) is 0 Å². The van der Waals surface area contributed by atoms with Crippen molar-refractivity contribution in [1.82, 2.24) is 4.90 Å². The first-order valence-corrected chi connectivity index (χ1v) is 6.79. The SMILES string of the molecule is CCOc1ccccc1C(C)N1CC(CC(=O)O)C1. The first-order valence-electron chi connectivity index (χ1n) is 6.79. The number of carboxylic acid groups (broad SMARTS) is 1. The molecule has 0 spiro atoms. The van der Waals surface area contributed by atoms with E-state index in [2.05, 4.69) is 17.9 Å². The fourth-order valence-electron chi connectivity index (χ4n) is 2.61. The normalized spacial score (nSPS) is 17.8. The maximum absolute atomic E-state index is 10.6. The third-order valence-corrected chi connectivity index (χ3v) is 3.67. The van der Waals surface area contributed by atoms with E-state index in [-0.39, 0.29) is 12.5 Å². The van der Waals surface area contributed by atoms with Crippen LogP contribution < -0.4 is 4.74 Å². The highest BCUT2D eigenvalue weighted by Gasteiger charge is 2.33. The summed E-state index contributed by atoms with van der Waals surface area (Å²) in [6, 6.07) is 8.34. The molecule has 0 amide bonds. The van der Waals surface area contributed by atoms with E-state index < -0.39 is 5.97 Å². The van der Waals surface area contributed by atoms with Gasteiger partial charge in [0.05, 0.1) is 13.0 Å². The van der Waals surface area contributed by atoms with E-state index in [0.29, 0.717) is 12.5 Å². The summed E-state index contributed by atoms with van der Waals surface area (Å²) in [7, 11) is 0. The zero-order valence-corrected chi connectivity index (χ0v) is 11.5. The zero-order chi connectivity index (χ0) is 13.8. The minimum absolute atomic E-state index is 0.271. The summed E-state index contributed by atoms with van der Waals surface area (Å²) in [5, 5.41) is 8.77. The number of hydrogen-bond donors (Lipinski definition) is 1. The maximum atomic E-state index is 10.6. The molecule has 0 bridgehead atoms. The fraction of sp³-hybridized carbons (Fsp3) is 0.533. The van der Waals surface area contributed by atoms with Crippen LogP contribution in [0.2, 0.25) is 0 Å². The van der Waals surface area contributed by atoms with Gasteiger partial charge in [-0.2, -0.15) is 0 Å². The van der Waals surface area contributed by atoms with Gasteiger partial charge in [0.25, 0.3) is 0 Å². The van der Waals surface area contributed by atoms with Crippen LogP contribution in [0.4, 0.5) is 0 Å². The Morgan fingerprint density at radius 2 is 2.16 bits per heavy atom. The molecule has 1 aromatic carbocycles. The second-order valence-electron chi connectivity index (χ2n) is 5.06. The van der Waals surface area contributed by atoms with Crippen molar-refractivity contribution >= 4 is 5.97 Å². The van der Waals surface area contributed by atoms with Crippen LogP contribution in [0.3, 0.4) is 0 Å². The molecule has 1 heterocycles. The Labute approximate surface area is 114 Å². The molecule has 1 unspecified atom stereocenters. The Kier molecular flexibility index (Phi) is 4.43. The topological polar surface area (TPSA) is 49.8 Å². The summed E-state index contributed by atoms with van der Waals surface area (Å²) in [5.74, 6) is 0.519. The van der Waals surface area contributed by atoms with E-state index in [0.717, 1.165) is 18.8 Å². The summed E-state index contributed by atoms with van der Waals surface area (Å²) < 4.78 is 5.65. The van der Waals surface area contributed by atoms with Crippen molar-refractivity contribution in [3.8, 4) is 5.75 Å². The van der Waals surface area contributed by atoms with E-state index in [1.165, 1.54) is 5.56 Å². The molecular weight excluding hydrogens is 242 g/mol. The van der Waals surface area contributed by atoms with Crippen molar-refractivity contribution in [2.75, 3.05) is 19.7 Å². The van der Waals surface area contributed by atoms with E-state index >= 15 is 0 Å². The number of carboxylic acids is 1. The van der Waals surface area contributed by atoms with Crippen LogP contribution in [-0.2, 0) is 4.79 Å². The standard InChI is InChI=1S/C15H21NO3/c1-3-19-14-7-5-4-6-13(14)11(2)16-9-12(10-16)8-15(17)18/h4-7,11-12H,3,8-10H2,1-2H3,(H,17,18). The number of aliphatic carboxylic acids is 1. The number of rotatable bonds is 6. The van der Waals surface area contributed by atoms with Gasteiger partial charge in [0.2, 0.25) is 0 Å². The van der Waals surface area contributed by atoms with Crippen molar-refractivity contribution < 1.29 is 14.6 Å². The molecule has 0 saturated carbocycles. The summed E-state index contributed by atoms with van der Waals surface area (Å²) in [5.41, 5.74) is 1.18. The predicted molar refractivity (Wildman–Crippen MR) is 73.3 cm³/mol. The third-order valence-electron chi connectivity index (χ3n) is 3.67. The average molecular weight is 263 g/mol. The molecule has 0 aromatic heterocycles. The summed E-state index contributed by atoms with van der Waals surface area (Å²) in [6.07, 6.45) is 0.274. The monoisotopic (exact) mass is 263 g/mol. The quantitative estimate of drug-likeness (QED) is 0.857. The molecule has 4 heteroatoms. The van der Waals surface area contributed by atoms with Gasteiger partial charge in [-0.1, -0.05) is 18.2 Å². The Morgan fingerprint density at radius 1 is 1.47 bits per heavy atom. The predicted octanol–water partition coefficient (Wildman–Crippen LogP) is 2.55. The number of nitrogens with zero attached hydrogens (tertiary/aromatic N) is 1. The zero-order valence-electron chi connectivity index (χ0n) is 11.5. The van der Waals surface area contributed by atoms with Gasteiger partial charge in [0, 0.05) is 24.7 Å². The van der Waals surface area contributed by atoms with Crippen molar-refractivity contribution in [2.45, 2.75) is 26.3 Å². The number of para-hydroxylation sites is 1. The number of carbonyl (C=O) groups is 1. The van der Waals surface area contributed by atoms with Crippen molar-refractivity contribution in [2.24, 2.45) is 5.92 Å². The Bertz CT molecular complexity index is 441. The largest absolute Gasteiger partial charge is 0.494 e. The summed E-state index contributed by atoms with van der Waals surface area (Å²) in [4.78, 5) is 12.9. The Balaban J connectivity index is 1.98. The molecule has 1 aliphatic heterocycles. The highest BCUT2D eigenvalue weighted by molar-refractivity contribution is 5.67. The van der Waals surface area contributed by atoms with E-state index in [1.54, 1.807) is 0 Å². The van der Waals surface area contributed by atoms with Crippen LogP contribution in [0.25, 0.3) is 0 Å². The van der Waals surface area contributed by atoms with Gasteiger partial charge in [0.15, 0.2) is 0 Å². The minimum atomic E-state index is -0.702. The van der Waals surface area contributed by atoms with Gasteiger partial charge < -0.3 is 9.84 Å². The number of hydrogen-bond acceptors (Lipinski definition) is 3. The van der Waals surface area contributed by atoms with E-state index in [4.69, 9.17) is 9.84 Å². The van der Waals surface area contributed by atoms with Crippen LogP contribution in [0.5, 0.6) is 5.75 Å². The molecule has 1 fully saturated rings. The Hall–Kier alpha value is -1.55. The van der Waals surface area contributed by atoms with Crippen LogP contribution in [-0.4, -0.2) is 35.7 Å². The van der Waals surface area contributed by atoms with Gasteiger partial charge in [-0.05, 0) is 25.8 Å². The second kappa shape index (κ2) is 6.06. The number of likely N-dealkylation sites (tertiary alicyclic amines) is 1. The molecule has 19 heavy (non-hydrogen) atoms. The first kappa shape index (κ1) is 13.9. The van der Waals surface area contributed by atoms with Crippen molar-refractivity contribution in [1.29, 1.82) is 0 Å². The maximum Gasteiger partial charge on any atom is 0.303 e. The number of benzene rings is 1. The lowest BCUT2D eigenvalue weighted by molar-refractivity contribution is -0.139. The molecule has 1 saturated heterocycles. The summed E-state index contributed by atoms with van der Waals surface area (Å²) in [6.45, 7) is 6.50. The Morgan fingerprint density at radius 3 is 2.79 bits per heavy atom. The van der Waals surface area contributed by atoms with Crippen LogP contribution in [0.1, 0.15) is 31.9 Å². The molecule has 4 nitrogen and oxygen atoms in total. The lowest BCUT2D eigenvalue weighted by Crippen LogP contribution is -2.48. The molecular formula is C15H21NO3. The molecule has 0 aliphatic carbocycles. The molecule has 2 rings (SSSR count). The molecule has 104 valence electrons. The first-order chi connectivity index (χ1) is 9.11. The molecule has 1 atom stereocenters. The number of ether oxygens (including phenoxy) is 1. The van der Waals surface area contributed by atoms with Gasteiger partial charge in [-0.15, -0.1) is 0 Å². The lowest BCUT2D eigenvalue weighted by atomic mass is 9.92. The van der Waals surface area contributed by atoms with Gasteiger partial charge in [0.1, 0.15) is 5.75 Å². The van der Waals surface area contributed by atoms with Crippen LogP contribution in [0, 0.1) is 5.92 Å². The van der Waals surface area contributed by atoms with Gasteiger partial charge in [-0.3, -0.25) is 9.69 Å². The molecule has 1 aromatic rings. The smallest absolute Gasteiger partial charge is 0.303 e. The third kappa shape index (κ3) is 3.26. The lowest BCUT2D eigenvalue weighted by Gasteiger charge is -2.43. The molecule has 1 N–H and O–H groups in total. The van der Waals surface area contributed by atoms with Gasteiger partial charge >= 0.3 is 5.97 Å². The van der Waals surface area contributed by atoms with Gasteiger partial charge in [-0.25, -0.2) is 0 Å². The van der Waals surface area contributed by atoms with Crippen LogP contribution in [0.15, 0.2) is 24.3 Å².